The Bertz CT molecular complexity index is 1130. The van der Waals surface area contributed by atoms with Gasteiger partial charge in [-0.3, -0.25) is 4.79 Å². The molecule has 0 bridgehead atoms. The standard InChI is InChI=1S/C23H26F3NO4S/c1-4-15-11-17(9-13(2)23(15,3)29)32(30,31)21-10-14(5-7-19(21)25)22(28)27-16-6-8-18(24)20(26)12-16/h5-8,10,12-13,15,17,29H,4,9,11H2,1-3H3,(H,27,28)/t13-,15?,17-,23-/m0/s1. The van der Waals surface area contributed by atoms with Crippen molar-refractivity contribution >= 4 is 21.4 Å². The molecule has 2 aromatic carbocycles. The van der Waals surface area contributed by atoms with Gasteiger partial charge >= 0.3 is 0 Å². The maximum atomic E-state index is 14.6. The zero-order valence-corrected chi connectivity index (χ0v) is 18.8. The van der Waals surface area contributed by atoms with E-state index in [4.69, 9.17) is 0 Å². The number of hydrogen-bond acceptors (Lipinski definition) is 4. The zero-order valence-electron chi connectivity index (χ0n) is 18.0. The van der Waals surface area contributed by atoms with Gasteiger partial charge in [-0.15, -0.1) is 0 Å². The van der Waals surface area contributed by atoms with Crippen LogP contribution in [0.15, 0.2) is 41.3 Å². The van der Waals surface area contributed by atoms with E-state index in [9.17, 15) is 31.5 Å². The van der Waals surface area contributed by atoms with Gasteiger partial charge in [-0.05, 0) is 61.9 Å². The Hall–Kier alpha value is -2.39. The summed E-state index contributed by atoms with van der Waals surface area (Å²) in [6.45, 7) is 5.33. The summed E-state index contributed by atoms with van der Waals surface area (Å²) in [6.07, 6.45) is 0.917. The van der Waals surface area contributed by atoms with Crippen molar-refractivity contribution in [3.05, 3.63) is 59.4 Å². The van der Waals surface area contributed by atoms with Gasteiger partial charge in [0, 0.05) is 17.3 Å². The molecule has 174 valence electrons. The molecule has 1 saturated carbocycles. The number of hydrogen-bond donors (Lipinski definition) is 2. The lowest BCUT2D eigenvalue weighted by Gasteiger charge is -2.45. The fourth-order valence-electron chi connectivity index (χ4n) is 4.34. The van der Waals surface area contributed by atoms with E-state index in [0.29, 0.717) is 6.42 Å². The molecular formula is C23H26F3NO4S. The Kier molecular flexibility index (Phi) is 6.72. The van der Waals surface area contributed by atoms with Gasteiger partial charge < -0.3 is 10.4 Å². The molecular weight excluding hydrogens is 443 g/mol. The number of rotatable bonds is 5. The molecule has 0 saturated heterocycles. The molecule has 0 heterocycles. The highest BCUT2D eigenvalue weighted by molar-refractivity contribution is 7.92. The van der Waals surface area contributed by atoms with Crippen LogP contribution < -0.4 is 5.32 Å². The van der Waals surface area contributed by atoms with Crippen LogP contribution in [0.1, 0.15) is 50.4 Å². The second kappa shape index (κ2) is 8.86. The predicted octanol–water partition coefficient (Wildman–Crippen LogP) is 4.71. The molecule has 0 spiro atoms. The van der Waals surface area contributed by atoms with Crippen LogP contribution in [0.3, 0.4) is 0 Å². The van der Waals surface area contributed by atoms with Gasteiger partial charge in [0.05, 0.1) is 10.9 Å². The third-order valence-corrected chi connectivity index (χ3v) is 8.79. The molecule has 1 aliphatic carbocycles. The maximum absolute atomic E-state index is 14.6. The molecule has 1 aliphatic rings. The van der Waals surface area contributed by atoms with Crippen LogP contribution in [0.5, 0.6) is 0 Å². The van der Waals surface area contributed by atoms with Crippen molar-refractivity contribution in [3.63, 3.8) is 0 Å². The lowest BCUT2D eigenvalue weighted by atomic mass is 9.69. The van der Waals surface area contributed by atoms with Crippen molar-refractivity contribution in [2.24, 2.45) is 11.8 Å². The molecule has 9 heteroatoms. The second-order valence-corrected chi connectivity index (χ2v) is 10.8. The normalized spacial score (nSPS) is 26.0. The number of amides is 1. The highest BCUT2D eigenvalue weighted by Crippen LogP contribution is 2.43. The minimum Gasteiger partial charge on any atom is -0.390 e. The Morgan fingerprint density at radius 1 is 1.09 bits per heavy atom. The lowest BCUT2D eigenvalue weighted by Crippen LogP contribution is -2.49. The number of anilines is 1. The summed E-state index contributed by atoms with van der Waals surface area (Å²) in [5, 5.41) is 12.2. The Morgan fingerprint density at radius 2 is 1.75 bits per heavy atom. The van der Waals surface area contributed by atoms with Crippen LogP contribution in [0.4, 0.5) is 18.9 Å². The van der Waals surface area contributed by atoms with Crippen molar-refractivity contribution in [1.82, 2.24) is 0 Å². The van der Waals surface area contributed by atoms with Crippen LogP contribution in [-0.4, -0.2) is 30.3 Å². The molecule has 4 atom stereocenters. The van der Waals surface area contributed by atoms with Gasteiger partial charge in [-0.2, -0.15) is 0 Å². The van der Waals surface area contributed by atoms with E-state index in [1.54, 1.807) is 13.8 Å². The smallest absolute Gasteiger partial charge is 0.255 e. The van der Waals surface area contributed by atoms with E-state index in [0.717, 1.165) is 36.4 Å². The third-order valence-electron chi connectivity index (χ3n) is 6.60. The van der Waals surface area contributed by atoms with Gasteiger partial charge in [0.15, 0.2) is 21.5 Å². The first-order chi connectivity index (χ1) is 14.9. The first kappa shape index (κ1) is 24.3. The molecule has 3 rings (SSSR count). The summed E-state index contributed by atoms with van der Waals surface area (Å²) in [4.78, 5) is 11.9. The Balaban J connectivity index is 1.90. The number of aliphatic hydroxyl groups is 1. The molecule has 1 amide bonds. The van der Waals surface area contributed by atoms with E-state index in [2.05, 4.69) is 5.32 Å². The fraction of sp³-hybridized carbons (Fsp3) is 0.435. The van der Waals surface area contributed by atoms with Crippen molar-refractivity contribution in [2.75, 3.05) is 5.32 Å². The van der Waals surface area contributed by atoms with E-state index in [-0.39, 0.29) is 35.9 Å². The zero-order chi connectivity index (χ0) is 23.8. The minimum atomic E-state index is -4.14. The SMILES string of the molecule is CCC1C[C@@H](S(=O)(=O)c2cc(C(=O)Nc3ccc(F)c(F)c3)ccc2F)C[C@H](C)[C@]1(C)O. The quantitative estimate of drug-likeness (QED) is 0.665. The summed E-state index contributed by atoms with van der Waals surface area (Å²) < 4.78 is 67.6. The van der Waals surface area contributed by atoms with Crippen LogP contribution in [-0.2, 0) is 9.84 Å². The minimum absolute atomic E-state index is 0.0308. The number of benzene rings is 2. The monoisotopic (exact) mass is 469 g/mol. The fourth-order valence-corrected chi connectivity index (χ4v) is 6.36. The van der Waals surface area contributed by atoms with Crippen LogP contribution in [0.25, 0.3) is 0 Å². The Morgan fingerprint density at radius 3 is 2.38 bits per heavy atom. The first-order valence-corrected chi connectivity index (χ1v) is 11.9. The van der Waals surface area contributed by atoms with Crippen LogP contribution in [0.2, 0.25) is 0 Å². The number of halogens is 3. The van der Waals surface area contributed by atoms with Gasteiger partial charge in [-0.1, -0.05) is 20.3 Å². The van der Waals surface area contributed by atoms with Gasteiger partial charge in [0.1, 0.15) is 10.7 Å². The molecule has 2 aromatic rings. The predicted molar refractivity (Wildman–Crippen MR) is 114 cm³/mol. The summed E-state index contributed by atoms with van der Waals surface area (Å²) in [5.41, 5.74) is -1.19. The molecule has 2 N–H and O–H groups in total. The van der Waals surface area contributed by atoms with E-state index in [1.165, 1.54) is 0 Å². The van der Waals surface area contributed by atoms with E-state index < -0.39 is 48.9 Å². The summed E-state index contributed by atoms with van der Waals surface area (Å²) in [7, 11) is -4.14. The molecule has 5 nitrogen and oxygen atoms in total. The van der Waals surface area contributed by atoms with Crippen LogP contribution >= 0.6 is 0 Å². The molecule has 1 unspecified atom stereocenters. The summed E-state index contributed by atoms with van der Waals surface area (Å²) >= 11 is 0. The average Bonchev–Trinajstić information content (AvgIpc) is 2.72. The number of sulfone groups is 1. The maximum Gasteiger partial charge on any atom is 0.255 e. The van der Waals surface area contributed by atoms with E-state index >= 15 is 0 Å². The second-order valence-electron chi connectivity index (χ2n) is 8.60. The Labute approximate surface area is 185 Å². The van der Waals surface area contributed by atoms with Crippen molar-refractivity contribution < 1.29 is 31.5 Å². The molecule has 1 fully saturated rings. The van der Waals surface area contributed by atoms with Gasteiger partial charge in [0.2, 0.25) is 0 Å². The topological polar surface area (TPSA) is 83.5 Å². The molecule has 0 aromatic heterocycles. The van der Waals surface area contributed by atoms with Crippen molar-refractivity contribution in [3.8, 4) is 0 Å². The van der Waals surface area contributed by atoms with Crippen molar-refractivity contribution in [2.45, 2.75) is 55.8 Å². The van der Waals surface area contributed by atoms with Crippen LogP contribution in [0, 0.1) is 29.3 Å². The molecule has 32 heavy (non-hydrogen) atoms. The molecule has 0 radical (unpaired) electrons. The molecule has 0 aliphatic heterocycles. The average molecular weight is 470 g/mol. The number of carbonyl (C=O) groups excluding carboxylic acids is 1. The van der Waals surface area contributed by atoms with Gasteiger partial charge in [0.25, 0.3) is 5.91 Å². The number of carbonyl (C=O) groups is 1. The number of nitrogens with one attached hydrogen (secondary N) is 1. The third kappa shape index (κ3) is 4.54. The summed E-state index contributed by atoms with van der Waals surface area (Å²) in [5.74, 6) is -4.59. The highest BCUT2D eigenvalue weighted by Gasteiger charge is 2.47. The summed E-state index contributed by atoms with van der Waals surface area (Å²) in [6, 6.07) is 5.75. The van der Waals surface area contributed by atoms with Gasteiger partial charge in [-0.25, -0.2) is 21.6 Å². The van der Waals surface area contributed by atoms with E-state index in [1.807, 2.05) is 6.92 Å². The van der Waals surface area contributed by atoms with Crippen molar-refractivity contribution in [1.29, 1.82) is 0 Å². The first-order valence-electron chi connectivity index (χ1n) is 10.4. The largest absolute Gasteiger partial charge is 0.390 e. The lowest BCUT2D eigenvalue weighted by molar-refractivity contribution is -0.0729. The highest BCUT2D eigenvalue weighted by atomic mass is 32.2.